The van der Waals surface area contributed by atoms with Crippen LogP contribution in [0.4, 0.5) is 0 Å². The predicted octanol–water partition coefficient (Wildman–Crippen LogP) is -4.19. The largest absolute Gasteiger partial charge is 2.00 e. The van der Waals surface area contributed by atoms with Crippen molar-refractivity contribution in [3.8, 4) is 0 Å². The van der Waals surface area contributed by atoms with Gasteiger partial charge in [0.25, 0.3) is 0 Å². The molecule has 0 aliphatic rings. The first kappa shape index (κ1) is 25.1. The third-order valence-corrected chi connectivity index (χ3v) is 1.32. The number of carboxylic acids is 2. The molecule has 0 amide bonds. The van der Waals surface area contributed by atoms with Gasteiger partial charge in [-0.15, -0.1) is 0 Å². The van der Waals surface area contributed by atoms with Crippen molar-refractivity contribution >= 4 is 49.7 Å². The number of aliphatic hydroxyl groups is 2. The molecule has 2 unspecified atom stereocenters. The summed E-state index contributed by atoms with van der Waals surface area (Å²) in [4.78, 5) is 19.1. The number of hydrogen-bond acceptors (Lipinski definition) is 6. The maximum absolute atomic E-state index is 9.57. The van der Waals surface area contributed by atoms with Gasteiger partial charge in [0.05, 0.1) is 24.1 Å². The summed E-state index contributed by atoms with van der Waals surface area (Å²) in [5.41, 5.74) is 0. The van der Waals surface area contributed by atoms with Crippen molar-refractivity contribution in [2.24, 2.45) is 0 Å². The van der Waals surface area contributed by atoms with Crippen LogP contribution in [-0.2, 0) is 9.59 Å². The first-order valence-corrected chi connectivity index (χ1v) is 4.14. The molecule has 8 heteroatoms. The molecule has 0 rings (SSSR count). The molecule has 0 saturated carbocycles. The predicted molar refractivity (Wildman–Crippen MR) is 52.0 cm³/mol. The van der Waals surface area contributed by atoms with E-state index in [9.17, 15) is 19.8 Å². The number of carbonyl (C=O) groups excluding carboxylic acids is 2. The Morgan fingerprint density at radius 3 is 1.19 bits per heavy atom. The fraction of sp³-hybridized carbons (Fsp3) is 0.750. The van der Waals surface area contributed by atoms with Crippen LogP contribution in [0.15, 0.2) is 0 Å². The van der Waals surface area contributed by atoms with Crippen LogP contribution in [0.3, 0.4) is 0 Å². The first-order valence-electron chi connectivity index (χ1n) is 4.14. The molecule has 2 atom stereocenters. The summed E-state index contributed by atoms with van der Waals surface area (Å²) in [6.45, 7) is 3.14. The van der Waals surface area contributed by atoms with Crippen LogP contribution in [0.25, 0.3) is 0 Å². The van der Waals surface area contributed by atoms with E-state index < -0.39 is 24.1 Å². The molecule has 0 aliphatic carbocycles. The SMILES string of the molecule is CCC(O)C(=O)[O-].CCC(O)C(=O)[O-].O.[Ca+2]. The van der Waals surface area contributed by atoms with Crippen molar-refractivity contribution in [2.45, 2.75) is 38.9 Å². The molecule has 0 spiro atoms. The first-order chi connectivity index (χ1) is 6.36. The van der Waals surface area contributed by atoms with Crippen molar-refractivity contribution in [2.75, 3.05) is 0 Å². The molecule has 16 heavy (non-hydrogen) atoms. The Labute approximate surface area is 123 Å². The molecule has 0 saturated heterocycles. The van der Waals surface area contributed by atoms with Gasteiger partial charge in [0.2, 0.25) is 0 Å². The Bertz CT molecular complexity index is 165. The van der Waals surface area contributed by atoms with E-state index in [1.807, 2.05) is 0 Å². The summed E-state index contributed by atoms with van der Waals surface area (Å²) in [6, 6.07) is 0. The normalized spacial score (nSPS) is 11.8. The fourth-order valence-corrected chi connectivity index (χ4v) is 0.333. The molecule has 0 aromatic heterocycles. The summed E-state index contributed by atoms with van der Waals surface area (Å²) in [7, 11) is 0. The Hall–Kier alpha value is 0.0797. The second-order valence-corrected chi connectivity index (χ2v) is 2.49. The minimum Gasteiger partial charge on any atom is -0.547 e. The van der Waals surface area contributed by atoms with E-state index in [2.05, 4.69) is 0 Å². The number of carboxylic acid groups (broad SMARTS) is 2. The van der Waals surface area contributed by atoms with Crippen molar-refractivity contribution in [3.05, 3.63) is 0 Å². The van der Waals surface area contributed by atoms with E-state index in [-0.39, 0.29) is 56.1 Å². The average Bonchev–Trinajstić information content (AvgIpc) is 2.15. The van der Waals surface area contributed by atoms with E-state index in [1.54, 1.807) is 13.8 Å². The zero-order valence-electron chi connectivity index (χ0n) is 9.30. The van der Waals surface area contributed by atoms with E-state index >= 15 is 0 Å². The molecule has 0 aromatic carbocycles. The van der Waals surface area contributed by atoms with Crippen molar-refractivity contribution < 1.29 is 35.5 Å². The zero-order valence-corrected chi connectivity index (χ0v) is 11.5. The second kappa shape index (κ2) is 15.1. The van der Waals surface area contributed by atoms with Crippen molar-refractivity contribution in [3.63, 3.8) is 0 Å². The van der Waals surface area contributed by atoms with Gasteiger partial charge in [-0.05, 0) is 12.8 Å². The van der Waals surface area contributed by atoms with Gasteiger partial charge in [0, 0.05) is 0 Å². The summed E-state index contributed by atoms with van der Waals surface area (Å²) in [5, 5.41) is 35.7. The number of aliphatic carboxylic acids is 2. The third kappa shape index (κ3) is 16.5. The molecule has 0 aromatic rings. The molecule has 0 bridgehead atoms. The Kier molecular flexibility index (Phi) is 23.6. The van der Waals surface area contributed by atoms with Gasteiger partial charge >= 0.3 is 37.7 Å². The van der Waals surface area contributed by atoms with E-state index in [0.717, 1.165) is 0 Å². The van der Waals surface area contributed by atoms with Gasteiger partial charge in [-0.1, -0.05) is 13.8 Å². The molecule has 0 fully saturated rings. The van der Waals surface area contributed by atoms with Crippen molar-refractivity contribution in [1.29, 1.82) is 0 Å². The smallest absolute Gasteiger partial charge is 0.547 e. The molecule has 0 radical (unpaired) electrons. The number of hydrogen-bond donors (Lipinski definition) is 2. The van der Waals surface area contributed by atoms with Gasteiger partial charge in [-0.3, -0.25) is 0 Å². The quantitative estimate of drug-likeness (QED) is 0.491. The topological polar surface area (TPSA) is 152 Å². The van der Waals surface area contributed by atoms with Crippen LogP contribution < -0.4 is 10.2 Å². The van der Waals surface area contributed by atoms with Gasteiger partial charge < -0.3 is 35.5 Å². The monoisotopic (exact) mass is 264 g/mol. The van der Waals surface area contributed by atoms with Crippen LogP contribution in [0.5, 0.6) is 0 Å². The molecule has 0 heterocycles. The maximum Gasteiger partial charge on any atom is 2.00 e. The summed E-state index contributed by atoms with van der Waals surface area (Å²) in [5.74, 6) is -2.80. The van der Waals surface area contributed by atoms with Gasteiger partial charge in [-0.25, -0.2) is 0 Å². The molecule has 4 N–H and O–H groups in total. The van der Waals surface area contributed by atoms with Crippen LogP contribution in [0.2, 0.25) is 0 Å². The molecular formula is C8H16CaO7. The van der Waals surface area contributed by atoms with Crippen molar-refractivity contribution in [1.82, 2.24) is 0 Å². The third-order valence-electron chi connectivity index (χ3n) is 1.32. The summed E-state index contributed by atoms with van der Waals surface area (Å²) < 4.78 is 0. The average molecular weight is 264 g/mol. The Morgan fingerprint density at radius 2 is 1.19 bits per heavy atom. The Morgan fingerprint density at radius 1 is 1.00 bits per heavy atom. The number of carbonyl (C=O) groups is 2. The molecule has 7 nitrogen and oxygen atoms in total. The van der Waals surface area contributed by atoms with Gasteiger partial charge in [0.15, 0.2) is 0 Å². The second-order valence-electron chi connectivity index (χ2n) is 2.49. The minimum atomic E-state index is -1.40. The van der Waals surface area contributed by atoms with Gasteiger partial charge in [-0.2, -0.15) is 0 Å². The van der Waals surface area contributed by atoms with Crippen LogP contribution in [0.1, 0.15) is 26.7 Å². The minimum absolute atomic E-state index is 0. The molecule has 0 aliphatic heterocycles. The Balaban J connectivity index is -0.0000000800. The van der Waals surface area contributed by atoms with Crippen LogP contribution in [-0.4, -0.2) is 77.6 Å². The number of aliphatic hydroxyl groups excluding tert-OH is 2. The zero-order chi connectivity index (χ0) is 11.7. The maximum atomic E-state index is 9.57. The van der Waals surface area contributed by atoms with E-state index in [1.165, 1.54) is 0 Å². The van der Waals surface area contributed by atoms with E-state index in [4.69, 9.17) is 10.2 Å². The molecular weight excluding hydrogens is 248 g/mol. The standard InChI is InChI=1S/2C4H8O3.Ca.H2O/c2*1-2-3(5)4(6)7;;/h2*3,5H,2H2,1H3,(H,6,7);;1H2/q;;+2;/p-2. The van der Waals surface area contributed by atoms with E-state index in [0.29, 0.717) is 0 Å². The summed E-state index contributed by atoms with van der Waals surface area (Å²) >= 11 is 0. The van der Waals surface area contributed by atoms with Gasteiger partial charge in [0.1, 0.15) is 0 Å². The fourth-order valence-electron chi connectivity index (χ4n) is 0.333. The summed E-state index contributed by atoms with van der Waals surface area (Å²) in [6.07, 6.45) is -2.16. The van der Waals surface area contributed by atoms with Crippen LogP contribution >= 0.6 is 0 Å². The molecule has 92 valence electrons. The van der Waals surface area contributed by atoms with Crippen LogP contribution in [0, 0.1) is 0 Å². The number of rotatable bonds is 4.